The third-order valence-electron chi connectivity index (χ3n) is 6.04. The molecule has 0 aliphatic carbocycles. The maximum absolute atomic E-state index is 13.4. The van der Waals surface area contributed by atoms with Crippen LogP contribution in [0.4, 0.5) is 4.39 Å². The quantitative estimate of drug-likeness (QED) is 0.406. The molecule has 0 bridgehead atoms. The van der Waals surface area contributed by atoms with Crippen molar-refractivity contribution < 1.29 is 28.6 Å². The summed E-state index contributed by atoms with van der Waals surface area (Å²) in [6.07, 6.45) is 3.07. The van der Waals surface area contributed by atoms with Gasteiger partial charge in [0.25, 0.3) is 5.91 Å². The lowest BCUT2D eigenvalue weighted by molar-refractivity contribution is -0.145. The van der Waals surface area contributed by atoms with E-state index in [0.717, 1.165) is 24.6 Å². The van der Waals surface area contributed by atoms with E-state index in [4.69, 9.17) is 4.74 Å². The molecule has 184 valence electrons. The predicted molar refractivity (Wildman–Crippen MR) is 125 cm³/mol. The highest BCUT2D eigenvalue weighted by Crippen LogP contribution is 2.23. The second-order valence-electron chi connectivity index (χ2n) is 8.51. The molecule has 2 unspecified atom stereocenters. The number of halogens is 1. The number of esters is 1. The van der Waals surface area contributed by atoms with Crippen LogP contribution in [-0.4, -0.2) is 70.8 Å². The molecule has 9 heteroatoms. The van der Waals surface area contributed by atoms with Crippen molar-refractivity contribution >= 4 is 28.6 Å². The second kappa shape index (κ2) is 12.4. The van der Waals surface area contributed by atoms with Crippen LogP contribution in [-0.2, 0) is 14.3 Å². The van der Waals surface area contributed by atoms with Crippen molar-refractivity contribution in [3.05, 3.63) is 42.2 Å². The van der Waals surface area contributed by atoms with E-state index in [9.17, 15) is 23.9 Å². The summed E-state index contributed by atoms with van der Waals surface area (Å²) in [5.74, 6) is -1.52. The molecule has 1 aromatic heterocycles. The molecular weight excluding hydrogens is 441 g/mol. The number of aromatic nitrogens is 1. The Morgan fingerprint density at radius 1 is 1.26 bits per heavy atom. The number of hydrogen-bond donors (Lipinski definition) is 2. The van der Waals surface area contributed by atoms with E-state index in [-0.39, 0.29) is 24.6 Å². The fourth-order valence-corrected chi connectivity index (χ4v) is 4.11. The van der Waals surface area contributed by atoms with Crippen LogP contribution in [0.15, 0.2) is 36.5 Å². The lowest BCUT2D eigenvalue weighted by Gasteiger charge is -2.36. The van der Waals surface area contributed by atoms with Gasteiger partial charge in [-0.05, 0) is 37.1 Å². The minimum absolute atomic E-state index is 0.227. The summed E-state index contributed by atoms with van der Waals surface area (Å²) in [6, 6.07) is 7.24. The zero-order valence-corrected chi connectivity index (χ0v) is 19.4. The van der Waals surface area contributed by atoms with Crippen LogP contribution >= 0.6 is 0 Å². The summed E-state index contributed by atoms with van der Waals surface area (Å²) in [6.45, 7) is 1.43. The number of fused-ring (bicyclic) bond motifs is 1. The molecule has 0 spiro atoms. The summed E-state index contributed by atoms with van der Waals surface area (Å²) >= 11 is 0. The Morgan fingerprint density at radius 3 is 2.82 bits per heavy atom. The number of carbonyl (C=O) groups is 3. The molecule has 8 nitrogen and oxygen atoms in total. The van der Waals surface area contributed by atoms with Crippen molar-refractivity contribution in [2.75, 3.05) is 19.8 Å². The molecule has 1 aliphatic heterocycles. The minimum atomic E-state index is -1.56. The van der Waals surface area contributed by atoms with Crippen LogP contribution in [0, 0.1) is 0 Å². The topological polar surface area (TPSA) is 109 Å². The predicted octanol–water partition coefficient (Wildman–Crippen LogP) is 2.78. The first-order chi connectivity index (χ1) is 16.5. The van der Waals surface area contributed by atoms with E-state index in [1.807, 2.05) is 37.3 Å². The number of nitrogens with zero attached hydrogens (tertiary/aromatic N) is 2. The molecule has 0 radical (unpaired) electrons. The summed E-state index contributed by atoms with van der Waals surface area (Å²) < 4.78 is 18.3. The fourth-order valence-electron chi connectivity index (χ4n) is 4.11. The number of aliphatic hydroxyl groups excluding tert-OH is 1. The van der Waals surface area contributed by atoms with Crippen molar-refractivity contribution in [3.63, 3.8) is 0 Å². The zero-order chi connectivity index (χ0) is 24.5. The second-order valence-corrected chi connectivity index (χ2v) is 8.51. The van der Waals surface area contributed by atoms with Gasteiger partial charge in [-0.3, -0.25) is 19.4 Å². The fraction of sp³-hybridized carbons (Fsp3) is 0.520. The summed E-state index contributed by atoms with van der Waals surface area (Å²) in [5, 5.41) is 14.2. The van der Waals surface area contributed by atoms with E-state index in [1.54, 1.807) is 6.20 Å². The Kier molecular flexibility index (Phi) is 9.33. The Bertz CT molecular complexity index is 996. The first-order valence-electron chi connectivity index (χ1n) is 11.8. The molecule has 2 N–H and O–H groups in total. The van der Waals surface area contributed by atoms with E-state index < -0.39 is 36.7 Å². The van der Waals surface area contributed by atoms with Crippen LogP contribution in [0.2, 0.25) is 0 Å². The number of alkyl halides is 1. The molecule has 2 aromatic rings. The van der Waals surface area contributed by atoms with Gasteiger partial charge >= 0.3 is 5.97 Å². The normalized spacial score (nSPS) is 17.7. The number of ether oxygens (including phenoxy) is 1. The number of nitrogens with one attached hydrogen (secondary N) is 1. The van der Waals surface area contributed by atoms with Crippen LogP contribution < -0.4 is 5.32 Å². The molecule has 1 aliphatic rings. The smallest absolute Gasteiger partial charge is 0.307 e. The maximum atomic E-state index is 13.4. The van der Waals surface area contributed by atoms with Crippen LogP contribution in [0.5, 0.6) is 0 Å². The van der Waals surface area contributed by atoms with Crippen LogP contribution in [0.25, 0.3) is 10.8 Å². The van der Waals surface area contributed by atoms with Gasteiger partial charge < -0.3 is 20.1 Å². The minimum Gasteiger partial charge on any atom is -0.466 e. The zero-order valence-electron chi connectivity index (χ0n) is 19.4. The van der Waals surface area contributed by atoms with Gasteiger partial charge in [-0.15, -0.1) is 0 Å². The number of benzene rings is 1. The lowest BCUT2D eigenvalue weighted by Crippen LogP contribution is -2.56. The number of amides is 2. The van der Waals surface area contributed by atoms with Gasteiger partial charge in [-0.1, -0.05) is 37.6 Å². The highest BCUT2D eigenvalue weighted by Gasteiger charge is 2.36. The van der Waals surface area contributed by atoms with Crippen molar-refractivity contribution in [2.45, 2.75) is 63.6 Å². The van der Waals surface area contributed by atoms with E-state index in [1.165, 1.54) is 4.90 Å². The molecule has 1 aromatic carbocycles. The van der Waals surface area contributed by atoms with Gasteiger partial charge in [-0.25, -0.2) is 4.39 Å². The monoisotopic (exact) mass is 473 g/mol. The molecule has 1 saturated heterocycles. The summed E-state index contributed by atoms with van der Waals surface area (Å²) in [4.78, 5) is 44.5. The Morgan fingerprint density at radius 2 is 2.06 bits per heavy atom. The maximum Gasteiger partial charge on any atom is 0.307 e. The van der Waals surface area contributed by atoms with Gasteiger partial charge in [0.2, 0.25) is 5.91 Å². The van der Waals surface area contributed by atoms with Crippen molar-refractivity contribution in [3.8, 4) is 0 Å². The SMILES string of the molecule is CCCCOC(=O)CC(NC(=O)[C@@H]1CCCCN1C(=O)c1nccc2ccccc12)C(O)CF. The molecule has 1 fully saturated rings. The third-order valence-corrected chi connectivity index (χ3v) is 6.04. The first kappa shape index (κ1) is 25.6. The van der Waals surface area contributed by atoms with Crippen molar-refractivity contribution in [2.24, 2.45) is 0 Å². The highest BCUT2D eigenvalue weighted by atomic mass is 19.1. The van der Waals surface area contributed by atoms with Crippen LogP contribution in [0.1, 0.15) is 55.9 Å². The number of unbranched alkanes of at least 4 members (excludes halogenated alkanes) is 1. The number of hydrogen-bond acceptors (Lipinski definition) is 6. The number of aliphatic hydroxyl groups is 1. The van der Waals surface area contributed by atoms with Crippen molar-refractivity contribution in [1.29, 1.82) is 0 Å². The van der Waals surface area contributed by atoms with E-state index in [0.29, 0.717) is 24.8 Å². The Hall–Kier alpha value is -3.07. The van der Waals surface area contributed by atoms with Gasteiger partial charge in [0, 0.05) is 18.1 Å². The summed E-state index contributed by atoms with van der Waals surface area (Å²) in [5.41, 5.74) is 0.262. The van der Waals surface area contributed by atoms with Crippen LogP contribution in [0.3, 0.4) is 0 Å². The number of pyridine rings is 1. The average molecular weight is 474 g/mol. The van der Waals surface area contributed by atoms with E-state index in [2.05, 4.69) is 10.3 Å². The number of likely N-dealkylation sites (tertiary alicyclic amines) is 1. The number of rotatable bonds is 10. The van der Waals surface area contributed by atoms with Gasteiger partial charge in [-0.2, -0.15) is 0 Å². The van der Waals surface area contributed by atoms with Gasteiger partial charge in [0.05, 0.1) is 19.1 Å². The Labute approximate surface area is 198 Å². The average Bonchev–Trinajstić information content (AvgIpc) is 2.87. The highest BCUT2D eigenvalue weighted by molar-refractivity contribution is 6.06. The summed E-state index contributed by atoms with van der Waals surface area (Å²) in [7, 11) is 0. The Balaban J connectivity index is 1.75. The molecule has 3 rings (SSSR count). The molecule has 2 heterocycles. The molecular formula is C25H32FN3O5. The lowest BCUT2D eigenvalue weighted by atomic mass is 9.98. The molecule has 0 saturated carbocycles. The molecule has 34 heavy (non-hydrogen) atoms. The first-order valence-corrected chi connectivity index (χ1v) is 11.8. The number of piperidine rings is 1. The van der Waals surface area contributed by atoms with E-state index >= 15 is 0 Å². The largest absolute Gasteiger partial charge is 0.466 e. The molecule has 2 amide bonds. The third kappa shape index (κ3) is 6.28. The standard InChI is InChI=1S/C25H32FN3O5/c1-2-3-14-34-22(31)15-19(21(30)16-26)28-24(32)20-10-6-7-13-29(20)25(33)23-18-9-5-4-8-17(18)11-12-27-23/h4-5,8-9,11-12,19-21,30H,2-3,6-7,10,13-16H2,1H3,(H,28,32)/t19?,20-,21?/m0/s1. The number of carbonyl (C=O) groups excluding carboxylic acids is 3. The van der Waals surface area contributed by atoms with Crippen molar-refractivity contribution in [1.82, 2.24) is 15.2 Å². The molecule has 3 atom stereocenters. The van der Waals surface area contributed by atoms with Gasteiger partial charge in [0.1, 0.15) is 24.5 Å². The van der Waals surface area contributed by atoms with Gasteiger partial charge in [0.15, 0.2) is 0 Å².